The number of hydrogen-bond donors (Lipinski definition) is 1. The molecule has 3 rings (SSSR count). The average molecular weight is 415 g/mol. The van der Waals surface area contributed by atoms with Gasteiger partial charge in [0.2, 0.25) is 0 Å². The molecule has 0 fully saturated rings. The second-order valence-electron chi connectivity index (χ2n) is 5.14. The molecule has 138 valence electrons. The van der Waals surface area contributed by atoms with E-state index in [0.29, 0.717) is 6.07 Å². The summed E-state index contributed by atoms with van der Waals surface area (Å²) >= 11 is 11.7. The second kappa shape index (κ2) is 5.92. The zero-order valence-electron chi connectivity index (χ0n) is 12.3. The Bertz CT molecular complexity index is 1010. The number of benzene rings is 1. The summed E-state index contributed by atoms with van der Waals surface area (Å²) in [4.78, 5) is 2.71. The predicted molar refractivity (Wildman–Crippen MR) is 83.3 cm³/mol. The number of anilines is 1. The normalized spacial score (nSPS) is 12.8. The highest BCUT2D eigenvalue weighted by molar-refractivity contribution is 6.35. The molecule has 0 aliphatic carbocycles. The first-order valence-electron chi connectivity index (χ1n) is 6.68. The van der Waals surface area contributed by atoms with Crippen LogP contribution < -0.4 is 5.73 Å². The predicted octanol–water partition coefficient (Wildman–Crippen LogP) is 5.35. The lowest BCUT2D eigenvalue weighted by molar-refractivity contribution is -0.149. The first-order chi connectivity index (χ1) is 11.9. The minimum atomic E-state index is -5.18. The summed E-state index contributed by atoms with van der Waals surface area (Å²) in [5, 5.41) is 3.23. The van der Waals surface area contributed by atoms with Crippen molar-refractivity contribution >= 4 is 39.9 Å². The van der Waals surface area contributed by atoms with Gasteiger partial charge in [-0.3, -0.25) is 0 Å². The van der Waals surface area contributed by atoms with Gasteiger partial charge in [-0.1, -0.05) is 23.2 Å². The van der Waals surface area contributed by atoms with Gasteiger partial charge in [0.25, 0.3) is 0 Å². The van der Waals surface area contributed by atoms with Crippen molar-refractivity contribution in [2.45, 2.75) is 12.4 Å². The third-order valence-electron chi connectivity index (χ3n) is 3.39. The first-order valence-corrected chi connectivity index (χ1v) is 7.44. The number of hydrogen-bond acceptors (Lipinski definition) is 3. The minimum Gasteiger partial charge on any atom is -0.383 e. The molecule has 2 aromatic heterocycles. The van der Waals surface area contributed by atoms with Crippen LogP contribution in [0.3, 0.4) is 0 Å². The van der Waals surface area contributed by atoms with Crippen LogP contribution in [0.25, 0.3) is 16.6 Å². The molecule has 0 radical (unpaired) electrons. The molecule has 2 N–H and O–H groups in total. The molecule has 1 aromatic carbocycles. The highest BCUT2D eigenvalue weighted by Gasteiger charge is 2.41. The number of fused-ring (bicyclic) bond motifs is 1. The molecule has 0 unspecified atom stereocenters. The molecule has 0 amide bonds. The Hall–Kier alpha value is -2.20. The Kier molecular flexibility index (Phi) is 4.23. The summed E-state index contributed by atoms with van der Waals surface area (Å²) in [6.07, 6.45) is -10.3. The van der Waals surface area contributed by atoms with E-state index < -0.39 is 40.5 Å². The number of alkyl halides is 6. The zero-order valence-corrected chi connectivity index (χ0v) is 13.8. The number of pyridine rings is 1. The molecule has 0 saturated carbocycles. The van der Waals surface area contributed by atoms with Gasteiger partial charge >= 0.3 is 12.4 Å². The summed E-state index contributed by atoms with van der Waals surface area (Å²) in [6, 6.07) is 4.37. The zero-order chi connectivity index (χ0) is 19.4. The molecule has 0 saturated heterocycles. The van der Waals surface area contributed by atoms with Gasteiger partial charge in [0.05, 0.1) is 21.6 Å². The Labute approximate surface area is 151 Å². The van der Waals surface area contributed by atoms with Crippen LogP contribution in [-0.4, -0.2) is 14.8 Å². The van der Waals surface area contributed by atoms with Crippen molar-refractivity contribution < 1.29 is 26.3 Å². The number of nitrogens with zero attached hydrogens (tertiary/aromatic N) is 3. The molecule has 2 heterocycles. The molecule has 0 bridgehead atoms. The first kappa shape index (κ1) is 18.6. The molecular weight excluding hydrogens is 409 g/mol. The van der Waals surface area contributed by atoms with Crippen LogP contribution in [0.15, 0.2) is 24.3 Å². The molecule has 3 aromatic rings. The number of nitrogens with two attached hydrogens (primary N) is 1. The molecule has 12 heteroatoms. The van der Waals surface area contributed by atoms with Crippen molar-refractivity contribution in [2.75, 3.05) is 5.73 Å². The summed E-state index contributed by atoms with van der Waals surface area (Å²) in [7, 11) is 0. The summed E-state index contributed by atoms with van der Waals surface area (Å²) < 4.78 is 79.2. The highest BCUT2D eigenvalue weighted by Crippen LogP contribution is 2.40. The largest absolute Gasteiger partial charge is 0.434 e. The topological polar surface area (TPSA) is 56.7 Å². The van der Waals surface area contributed by atoms with E-state index in [0.717, 1.165) is 4.68 Å². The average Bonchev–Trinajstić information content (AvgIpc) is 2.81. The van der Waals surface area contributed by atoms with Gasteiger partial charge in [-0.05, 0) is 24.3 Å². The smallest absolute Gasteiger partial charge is 0.383 e. The monoisotopic (exact) mass is 414 g/mol. The second-order valence-corrected chi connectivity index (χ2v) is 5.98. The van der Waals surface area contributed by atoms with E-state index in [4.69, 9.17) is 28.9 Å². The third-order valence-corrected chi connectivity index (χ3v) is 3.93. The van der Waals surface area contributed by atoms with Crippen LogP contribution >= 0.6 is 23.2 Å². The van der Waals surface area contributed by atoms with E-state index in [2.05, 4.69) is 10.1 Å². The minimum absolute atomic E-state index is 0.00503. The highest BCUT2D eigenvalue weighted by atomic mass is 35.5. The van der Waals surface area contributed by atoms with Crippen molar-refractivity contribution in [3.63, 3.8) is 0 Å². The molecule has 0 aliphatic heterocycles. The fraction of sp³-hybridized carbons (Fsp3) is 0.143. The Balaban J connectivity index is 2.38. The van der Waals surface area contributed by atoms with Crippen molar-refractivity contribution in [2.24, 2.45) is 0 Å². The Morgan fingerprint density at radius 2 is 1.62 bits per heavy atom. The van der Waals surface area contributed by atoms with Gasteiger partial charge in [0, 0.05) is 5.02 Å². The molecule has 0 spiro atoms. The van der Waals surface area contributed by atoms with E-state index >= 15 is 0 Å². The number of rotatable bonds is 1. The quantitative estimate of drug-likeness (QED) is 0.546. The van der Waals surface area contributed by atoms with Crippen LogP contribution in [-0.2, 0) is 12.4 Å². The summed E-state index contributed by atoms with van der Waals surface area (Å²) in [6.45, 7) is 0. The van der Waals surface area contributed by atoms with Gasteiger partial charge in [-0.25, -0.2) is 9.67 Å². The fourth-order valence-corrected chi connectivity index (χ4v) is 2.81. The molecule has 0 aliphatic rings. The Morgan fingerprint density at radius 1 is 0.962 bits per heavy atom. The van der Waals surface area contributed by atoms with Crippen LogP contribution in [0, 0.1) is 0 Å². The van der Waals surface area contributed by atoms with Gasteiger partial charge in [-0.15, -0.1) is 0 Å². The third kappa shape index (κ3) is 3.14. The maximum Gasteiger partial charge on any atom is 0.434 e. The van der Waals surface area contributed by atoms with Crippen molar-refractivity contribution in [1.29, 1.82) is 0 Å². The maximum absolute atomic E-state index is 13.2. The van der Waals surface area contributed by atoms with Crippen LogP contribution in [0.4, 0.5) is 32.2 Å². The summed E-state index contributed by atoms with van der Waals surface area (Å²) in [5.41, 5.74) is 1.63. The van der Waals surface area contributed by atoms with Gasteiger partial charge in [0.15, 0.2) is 5.69 Å². The van der Waals surface area contributed by atoms with Crippen molar-refractivity contribution in [3.8, 4) is 5.69 Å². The van der Waals surface area contributed by atoms with E-state index in [-0.39, 0.29) is 15.7 Å². The van der Waals surface area contributed by atoms with E-state index in [1.54, 1.807) is 0 Å². The van der Waals surface area contributed by atoms with E-state index in [1.807, 2.05) is 0 Å². The van der Waals surface area contributed by atoms with Gasteiger partial charge in [0.1, 0.15) is 11.5 Å². The number of halogens is 8. The lowest BCUT2D eigenvalue weighted by Crippen LogP contribution is -2.15. The molecular formula is C14H6Cl2F6N4. The van der Waals surface area contributed by atoms with Crippen molar-refractivity contribution in [1.82, 2.24) is 14.8 Å². The fourth-order valence-electron chi connectivity index (χ4n) is 2.32. The standard InChI is InChI=1S/C14H6Cl2F6N4/c15-5-1-2-8(6(16)3-5)26-12(23)10-7(25-26)4-9(13(17,18)19)24-11(10)14(20,21)22/h1-4H,23H2. The van der Waals surface area contributed by atoms with E-state index in [9.17, 15) is 26.3 Å². The SMILES string of the molecule is Nc1c2c(C(F)(F)F)nc(C(F)(F)F)cc2nn1-c1ccc(Cl)cc1Cl. The maximum atomic E-state index is 13.2. The van der Waals surface area contributed by atoms with Crippen LogP contribution in [0.5, 0.6) is 0 Å². The number of aromatic nitrogens is 3. The Morgan fingerprint density at radius 3 is 2.15 bits per heavy atom. The lowest BCUT2D eigenvalue weighted by Gasteiger charge is -2.11. The van der Waals surface area contributed by atoms with Crippen LogP contribution in [0.1, 0.15) is 11.4 Å². The van der Waals surface area contributed by atoms with Gasteiger partial charge in [-0.2, -0.15) is 31.4 Å². The van der Waals surface area contributed by atoms with E-state index in [1.165, 1.54) is 18.2 Å². The van der Waals surface area contributed by atoms with Crippen LogP contribution in [0.2, 0.25) is 10.0 Å². The molecule has 4 nitrogen and oxygen atoms in total. The lowest BCUT2D eigenvalue weighted by atomic mass is 10.2. The summed E-state index contributed by atoms with van der Waals surface area (Å²) in [5.74, 6) is -0.558. The molecule has 26 heavy (non-hydrogen) atoms. The number of nitrogen functional groups attached to an aromatic ring is 1. The molecule has 0 atom stereocenters. The van der Waals surface area contributed by atoms with Crippen molar-refractivity contribution in [3.05, 3.63) is 45.7 Å². The van der Waals surface area contributed by atoms with Gasteiger partial charge < -0.3 is 5.73 Å².